The second-order valence-corrected chi connectivity index (χ2v) is 7.91. The number of carbonyl (C=O) groups is 1. The number of nitrogens with zero attached hydrogens (tertiary/aromatic N) is 2. The van der Waals surface area contributed by atoms with Crippen LogP contribution in [0.3, 0.4) is 0 Å². The van der Waals surface area contributed by atoms with E-state index in [1.165, 1.54) is 11.3 Å². The van der Waals surface area contributed by atoms with Crippen LogP contribution in [0.1, 0.15) is 29.3 Å². The summed E-state index contributed by atoms with van der Waals surface area (Å²) in [4.78, 5) is 19.4. The summed E-state index contributed by atoms with van der Waals surface area (Å²) in [5.41, 5.74) is 8.33. The molecular weight excluding hydrogens is 324 g/mol. The minimum atomic E-state index is -0.0224. The van der Waals surface area contributed by atoms with Crippen molar-refractivity contribution in [3.8, 4) is 0 Å². The first-order chi connectivity index (χ1) is 11.5. The molecule has 2 aliphatic heterocycles. The number of aryl methyl sites for hydroxylation is 1. The Morgan fingerprint density at radius 2 is 2.29 bits per heavy atom. The second-order valence-electron chi connectivity index (χ2n) is 6.85. The Morgan fingerprint density at radius 1 is 1.46 bits per heavy atom. The summed E-state index contributed by atoms with van der Waals surface area (Å²) >= 11 is 1.42. The first-order valence-corrected chi connectivity index (χ1v) is 9.14. The van der Waals surface area contributed by atoms with E-state index in [0.717, 1.165) is 41.9 Å². The number of thiazole rings is 1. The minimum Gasteiger partial charge on any atom is -0.376 e. The van der Waals surface area contributed by atoms with E-state index in [1.807, 2.05) is 19.1 Å². The molecule has 2 saturated heterocycles. The SMILES string of the molecule is Cc1cc(C(=O)N[C@H]2C[C@H]3CO[C@H](C)CN3C2)cc2sc(N)nc12. The maximum Gasteiger partial charge on any atom is 0.251 e. The van der Waals surface area contributed by atoms with Crippen LogP contribution in [-0.2, 0) is 4.74 Å². The molecule has 3 N–H and O–H groups in total. The molecule has 1 aromatic heterocycles. The highest BCUT2D eigenvalue weighted by Gasteiger charge is 2.36. The zero-order valence-electron chi connectivity index (χ0n) is 13.9. The lowest BCUT2D eigenvalue weighted by Gasteiger charge is -2.33. The summed E-state index contributed by atoms with van der Waals surface area (Å²) in [7, 11) is 0. The van der Waals surface area contributed by atoms with Crippen LogP contribution in [0.4, 0.5) is 5.13 Å². The summed E-state index contributed by atoms with van der Waals surface area (Å²) in [6, 6.07) is 4.39. The van der Waals surface area contributed by atoms with Crippen molar-refractivity contribution in [1.29, 1.82) is 0 Å². The van der Waals surface area contributed by atoms with Crippen LogP contribution in [0.25, 0.3) is 10.2 Å². The zero-order valence-corrected chi connectivity index (χ0v) is 14.7. The van der Waals surface area contributed by atoms with Gasteiger partial charge in [-0.3, -0.25) is 9.69 Å². The molecule has 7 heteroatoms. The van der Waals surface area contributed by atoms with Gasteiger partial charge in [0.2, 0.25) is 0 Å². The van der Waals surface area contributed by atoms with Gasteiger partial charge < -0.3 is 15.8 Å². The number of nitrogens with two attached hydrogens (primary N) is 1. The van der Waals surface area contributed by atoms with E-state index < -0.39 is 0 Å². The molecule has 1 aromatic carbocycles. The van der Waals surface area contributed by atoms with Crippen LogP contribution in [0.5, 0.6) is 0 Å². The van der Waals surface area contributed by atoms with Crippen molar-refractivity contribution in [2.24, 2.45) is 0 Å². The van der Waals surface area contributed by atoms with Crippen LogP contribution in [0, 0.1) is 6.92 Å². The standard InChI is InChI=1S/C17H22N4O2S/c1-9-3-11(4-14-15(9)20-17(18)24-14)16(22)19-12-5-13-8-23-10(2)6-21(13)7-12/h3-4,10,12-13H,5-8H2,1-2H3,(H2,18,20)(H,19,22)/t10-,12+,13+/m1/s1. The van der Waals surface area contributed by atoms with Crippen molar-refractivity contribution in [3.05, 3.63) is 23.3 Å². The molecule has 3 atom stereocenters. The van der Waals surface area contributed by atoms with Gasteiger partial charge in [0.25, 0.3) is 5.91 Å². The summed E-state index contributed by atoms with van der Waals surface area (Å²) in [5.74, 6) is -0.0224. The Bertz CT molecular complexity index is 790. The molecule has 3 heterocycles. The van der Waals surface area contributed by atoms with E-state index in [1.54, 1.807) is 0 Å². The van der Waals surface area contributed by atoms with Gasteiger partial charge in [0.1, 0.15) is 0 Å². The smallest absolute Gasteiger partial charge is 0.251 e. The third kappa shape index (κ3) is 2.87. The molecule has 0 bridgehead atoms. The Balaban J connectivity index is 1.48. The highest BCUT2D eigenvalue weighted by molar-refractivity contribution is 7.22. The fraction of sp³-hybridized carbons (Fsp3) is 0.529. The number of nitrogen functional groups attached to an aromatic ring is 1. The van der Waals surface area contributed by atoms with Gasteiger partial charge in [0.15, 0.2) is 5.13 Å². The molecule has 0 radical (unpaired) electrons. The number of fused-ring (bicyclic) bond motifs is 2. The maximum atomic E-state index is 12.7. The highest BCUT2D eigenvalue weighted by atomic mass is 32.1. The van der Waals surface area contributed by atoms with E-state index in [4.69, 9.17) is 10.5 Å². The van der Waals surface area contributed by atoms with Gasteiger partial charge in [-0.2, -0.15) is 0 Å². The lowest BCUT2D eigenvalue weighted by molar-refractivity contribution is -0.0390. The topological polar surface area (TPSA) is 80.5 Å². The normalized spacial score (nSPS) is 27.3. The zero-order chi connectivity index (χ0) is 16.8. The van der Waals surface area contributed by atoms with Crippen molar-refractivity contribution in [2.75, 3.05) is 25.4 Å². The summed E-state index contributed by atoms with van der Waals surface area (Å²) < 4.78 is 6.69. The van der Waals surface area contributed by atoms with Gasteiger partial charge >= 0.3 is 0 Å². The average molecular weight is 346 g/mol. The number of ether oxygens (including phenoxy) is 1. The maximum absolute atomic E-state index is 12.7. The van der Waals surface area contributed by atoms with Crippen LogP contribution < -0.4 is 11.1 Å². The van der Waals surface area contributed by atoms with Crippen molar-refractivity contribution >= 4 is 32.6 Å². The Kier molecular flexibility index (Phi) is 3.94. The Labute approximate surface area is 145 Å². The predicted molar refractivity (Wildman–Crippen MR) is 95.4 cm³/mol. The van der Waals surface area contributed by atoms with E-state index in [9.17, 15) is 4.79 Å². The van der Waals surface area contributed by atoms with E-state index in [0.29, 0.717) is 16.7 Å². The highest BCUT2D eigenvalue weighted by Crippen LogP contribution is 2.28. The molecule has 4 rings (SSSR count). The Morgan fingerprint density at radius 3 is 3.12 bits per heavy atom. The molecule has 2 fully saturated rings. The van der Waals surface area contributed by atoms with Crippen LogP contribution >= 0.6 is 11.3 Å². The number of rotatable bonds is 2. The fourth-order valence-corrected chi connectivity index (χ4v) is 4.61. The number of carbonyl (C=O) groups excluding carboxylic acids is 1. The Hall–Kier alpha value is -1.70. The summed E-state index contributed by atoms with van der Waals surface area (Å²) in [6.45, 7) is 6.67. The molecule has 2 aliphatic rings. The molecule has 24 heavy (non-hydrogen) atoms. The lowest BCUT2D eigenvalue weighted by atomic mass is 10.1. The fourth-order valence-electron chi connectivity index (χ4n) is 3.76. The van der Waals surface area contributed by atoms with Gasteiger partial charge in [-0.25, -0.2) is 4.98 Å². The van der Waals surface area contributed by atoms with Crippen molar-refractivity contribution < 1.29 is 9.53 Å². The lowest BCUT2D eigenvalue weighted by Crippen LogP contribution is -2.45. The summed E-state index contributed by atoms with van der Waals surface area (Å²) in [5, 5.41) is 3.72. The van der Waals surface area contributed by atoms with Crippen LogP contribution in [0.2, 0.25) is 0 Å². The first kappa shape index (κ1) is 15.8. The van der Waals surface area contributed by atoms with Crippen LogP contribution in [0.15, 0.2) is 12.1 Å². The van der Waals surface area contributed by atoms with Crippen molar-refractivity contribution in [1.82, 2.24) is 15.2 Å². The molecule has 0 aliphatic carbocycles. The third-order valence-electron chi connectivity index (χ3n) is 4.89. The molecule has 0 saturated carbocycles. The number of hydrogen-bond donors (Lipinski definition) is 2. The monoisotopic (exact) mass is 346 g/mol. The number of benzene rings is 1. The van der Waals surface area contributed by atoms with Crippen LogP contribution in [-0.4, -0.2) is 53.7 Å². The molecule has 0 spiro atoms. The number of morpholine rings is 1. The van der Waals surface area contributed by atoms with E-state index in [-0.39, 0.29) is 18.1 Å². The van der Waals surface area contributed by atoms with Gasteiger partial charge in [0.05, 0.1) is 22.9 Å². The number of hydrogen-bond acceptors (Lipinski definition) is 6. The van der Waals surface area contributed by atoms with Gasteiger partial charge in [0, 0.05) is 30.7 Å². The largest absolute Gasteiger partial charge is 0.376 e. The predicted octanol–water partition coefficient (Wildman–Crippen LogP) is 1.78. The third-order valence-corrected chi connectivity index (χ3v) is 5.72. The van der Waals surface area contributed by atoms with E-state index in [2.05, 4.69) is 22.1 Å². The molecule has 2 aromatic rings. The number of aromatic nitrogens is 1. The number of amides is 1. The second kappa shape index (κ2) is 5.98. The van der Waals surface area contributed by atoms with E-state index >= 15 is 0 Å². The van der Waals surface area contributed by atoms with Gasteiger partial charge in [-0.15, -0.1) is 0 Å². The molecule has 6 nitrogen and oxygen atoms in total. The summed E-state index contributed by atoms with van der Waals surface area (Å²) in [6.07, 6.45) is 1.23. The number of nitrogens with one attached hydrogen (secondary N) is 1. The van der Waals surface area contributed by atoms with Gasteiger partial charge in [-0.05, 0) is 38.0 Å². The van der Waals surface area contributed by atoms with Gasteiger partial charge in [-0.1, -0.05) is 11.3 Å². The van der Waals surface area contributed by atoms with Crippen molar-refractivity contribution in [2.45, 2.75) is 38.5 Å². The van der Waals surface area contributed by atoms with Crippen molar-refractivity contribution in [3.63, 3.8) is 0 Å². The molecule has 128 valence electrons. The minimum absolute atomic E-state index is 0.0224. The molecule has 1 amide bonds. The average Bonchev–Trinajstić information content (AvgIpc) is 3.09. The quantitative estimate of drug-likeness (QED) is 0.866. The molecule has 0 unspecified atom stereocenters. The number of anilines is 1. The molecular formula is C17H22N4O2S. The first-order valence-electron chi connectivity index (χ1n) is 8.33.